The van der Waals surface area contributed by atoms with E-state index in [1.165, 1.54) is 114 Å². The van der Waals surface area contributed by atoms with Gasteiger partial charge >= 0.3 is 19.1 Å². The summed E-state index contributed by atoms with van der Waals surface area (Å²) in [6, 6.07) is 21.1. The number of thiophene rings is 2. The van der Waals surface area contributed by atoms with Crippen LogP contribution in [0.2, 0.25) is 0 Å². The van der Waals surface area contributed by atoms with Crippen molar-refractivity contribution in [2.24, 2.45) is 47.3 Å². The van der Waals surface area contributed by atoms with Crippen LogP contribution in [0.5, 0.6) is 0 Å². The molecule has 4 atom stereocenters. The molecule has 4 N–H and O–H groups in total. The Morgan fingerprint density at radius 2 is 0.915 bits per heavy atom. The lowest BCUT2D eigenvalue weighted by molar-refractivity contribution is -0.155. The van der Waals surface area contributed by atoms with Crippen LogP contribution in [0, 0.1) is 47.3 Å². The van der Waals surface area contributed by atoms with Gasteiger partial charge in [-0.3, -0.25) is 28.8 Å². The molecule has 3 saturated heterocycles. The van der Waals surface area contributed by atoms with Crippen molar-refractivity contribution in [1.82, 2.24) is 40.4 Å². The molecular formula is C84H108BBrN8O10S2. The Labute approximate surface area is 643 Å². The van der Waals surface area contributed by atoms with Gasteiger partial charge in [-0.25, -0.2) is 19.9 Å². The lowest BCUT2D eigenvalue weighted by atomic mass is 9.66. The number of nitrogens with zero attached hydrogens (tertiary/aromatic N) is 6. The molecule has 18 nitrogen and oxygen atoms in total. The van der Waals surface area contributed by atoms with Crippen LogP contribution in [-0.2, 0) is 52.2 Å². The minimum absolute atomic E-state index is 0.0812. The first-order chi connectivity index (χ1) is 50.2. The zero-order valence-electron chi connectivity index (χ0n) is 63.9. The lowest BCUT2D eigenvalue weighted by Crippen LogP contribution is -2.59. The van der Waals surface area contributed by atoms with Crippen LogP contribution < -0.4 is 10.6 Å². The van der Waals surface area contributed by atoms with E-state index in [9.17, 15) is 39.0 Å². The molecule has 106 heavy (non-hydrogen) atoms. The fraction of sp³-hybridized carbons (Fsp3) is 0.548. The number of nitrogens with one attached hydrogen (secondary N) is 2. The van der Waals surface area contributed by atoms with Gasteiger partial charge in [-0.05, 0) is 201 Å². The summed E-state index contributed by atoms with van der Waals surface area (Å²) in [7, 11) is -0.114. The average molecular weight is 1540 g/mol. The highest BCUT2D eigenvalue weighted by Crippen LogP contribution is 2.45. The van der Waals surface area contributed by atoms with Crippen molar-refractivity contribution in [3.05, 3.63) is 156 Å². The highest BCUT2D eigenvalue weighted by molar-refractivity contribution is 9.10. The lowest BCUT2D eigenvalue weighted by Gasteiger charge is -2.38. The molecule has 13 rings (SSSR count). The van der Waals surface area contributed by atoms with Gasteiger partial charge in [0.25, 0.3) is 11.8 Å². The second-order valence-corrected chi connectivity index (χ2v) is 37.0. The molecule has 4 aromatic heterocycles. The molecule has 0 spiro atoms. The fourth-order valence-corrected chi connectivity index (χ4v) is 17.5. The number of halogens is 1. The number of aromatic nitrogens is 4. The third-order valence-corrected chi connectivity index (χ3v) is 26.8. The van der Waals surface area contributed by atoms with E-state index in [2.05, 4.69) is 132 Å². The van der Waals surface area contributed by atoms with Crippen molar-refractivity contribution in [3.8, 4) is 22.8 Å². The van der Waals surface area contributed by atoms with E-state index in [0.29, 0.717) is 21.4 Å². The highest BCUT2D eigenvalue weighted by atomic mass is 79.9. The Kier molecular flexibility index (Phi) is 25.7. The number of allylic oxidation sites excluding steroid dienone is 4. The topological polar surface area (TPSA) is 243 Å². The van der Waals surface area contributed by atoms with E-state index in [-0.39, 0.29) is 91.8 Å². The number of carboxylic acids is 2. The van der Waals surface area contributed by atoms with Gasteiger partial charge in [0.15, 0.2) is 11.6 Å². The molecule has 4 amide bonds. The van der Waals surface area contributed by atoms with Crippen LogP contribution in [0.3, 0.4) is 0 Å². The molecule has 2 unspecified atom stereocenters. The van der Waals surface area contributed by atoms with Crippen LogP contribution in [0.4, 0.5) is 0 Å². The summed E-state index contributed by atoms with van der Waals surface area (Å²) in [6.45, 7) is 26.5. The monoisotopic (exact) mass is 1540 g/mol. The number of aliphatic carboxylic acids is 2. The van der Waals surface area contributed by atoms with E-state index in [4.69, 9.17) is 19.3 Å². The van der Waals surface area contributed by atoms with E-state index in [1.807, 2.05) is 73.1 Å². The van der Waals surface area contributed by atoms with Gasteiger partial charge in [-0.1, -0.05) is 142 Å². The third-order valence-electron chi connectivity index (χ3n) is 23.3. The SMILES string of the molecule is CC(C)(C)c1ccc(C(=O)N[C@@H](Cc2ccc(-c3ncc(Br)cn3)cc2)C(=O)N2CC(C(=O)O)C2)s1.CC1CCC(C2CC=C(B3OC(C)(C)C(C)(C)O3)CC2)CC1.CC1CCC(C2CC=C(c3cnc(-c4ccc(C[C@H](NC(=O)c5ccc(C(C)(C)C)s5)C(=O)N5CC(C(=O)O)C5)cc4)nc3)CC2)CC1. The van der Waals surface area contributed by atoms with Gasteiger partial charge in [0.1, 0.15) is 12.1 Å². The normalized spacial score (nSPS) is 23.0. The largest absolute Gasteiger partial charge is 0.490 e. The Hall–Kier alpha value is -7.24. The van der Waals surface area contributed by atoms with Crippen LogP contribution in [0.1, 0.15) is 219 Å². The molecule has 7 aliphatic rings. The number of carbonyl (C=O) groups excluding carboxylic acids is 4. The zero-order chi connectivity index (χ0) is 76.0. The van der Waals surface area contributed by atoms with E-state index in [0.717, 1.165) is 96.8 Å². The number of hydrogen-bond donors (Lipinski definition) is 4. The quantitative estimate of drug-likeness (QED) is 0.0585. The standard InChI is InChI=1S/C39H48N4O4S.C26H27BrN4O4S.C19H33BO2/c1-24-5-9-26(10-6-24)27-13-15-28(16-14-27)30-20-40-35(41-21-30)29-11-7-25(8-12-29)19-32(37(45)43-22-31(23-43)38(46)47)42-36(44)33-17-18-34(48-33)39(2,3)4;1-26(2,3)21-9-8-20(36-21)23(32)30-19(24(33)31-13-17(14-31)25(34)35)10-15-4-6-16(7-5-15)22-28-11-18(27)12-29-22;1-14-6-8-15(9-7-14)16-10-12-17(13-11-16)20-21-18(2,3)19(4,5)22-20/h7-8,11-12,15,17-18,20-21,24,26-27,31-32H,5-6,9-10,13-14,16,19,22-23H2,1-4H3,(H,42,44)(H,46,47);4-9,11-12,17,19H,10,13-14H2,1-3H3,(H,30,32)(H,34,35);12,14-16H,6-11,13H2,1-5H3/t24?,26?,27?,32-;19-;/m00./s1. The number of likely N-dealkylation sites (tertiary alicyclic amines) is 2. The molecule has 6 aromatic rings. The van der Waals surface area contributed by atoms with Crippen molar-refractivity contribution < 1.29 is 48.3 Å². The maximum atomic E-state index is 13.5. The Bertz CT molecular complexity index is 4100. The molecule has 3 aliphatic heterocycles. The molecule has 22 heteroatoms. The summed E-state index contributed by atoms with van der Waals surface area (Å²) in [6.07, 6.45) is 31.2. The fourth-order valence-electron chi connectivity index (χ4n) is 15.4. The maximum Gasteiger partial charge on any atom is 0.490 e. The first-order valence-corrected chi connectivity index (χ1v) is 40.7. The second-order valence-electron chi connectivity index (χ2n) is 34.0. The smallest absolute Gasteiger partial charge is 0.481 e. The molecule has 2 saturated carbocycles. The predicted octanol–water partition coefficient (Wildman–Crippen LogP) is 16.7. The number of carbonyl (C=O) groups is 6. The number of carboxylic acid groups (broad SMARTS) is 2. The average Bonchev–Trinajstić information content (AvgIpc) is 1.17. The van der Waals surface area contributed by atoms with Gasteiger partial charge in [0.05, 0.1) is 37.3 Å². The summed E-state index contributed by atoms with van der Waals surface area (Å²) in [4.78, 5) is 99.9. The van der Waals surface area contributed by atoms with E-state index >= 15 is 0 Å². The van der Waals surface area contributed by atoms with Gasteiger partial charge in [-0.15, -0.1) is 22.7 Å². The van der Waals surface area contributed by atoms with Gasteiger partial charge in [0.2, 0.25) is 11.8 Å². The molecule has 566 valence electrons. The first kappa shape index (κ1) is 79.8. The van der Waals surface area contributed by atoms with Gasteiger partial charge < -0.3 is 40.0 Å². The summed E-state index contributed by atoms with van der Waals surface area (Å²) in [5, 5.41) is 24.3. The summed E-state index contributed by atoms with van der Waals surface area (Å²) in [5.41, 5.74) is 6.68. The van der Waals surface area contributed by atoms with E-state index < -0.39 is 35.9 Å². The van der Waals surface area contributed by atoms with Crippen molar-refractivity contribution in [3.63, 3.8) is 0 Å². The van der Waals surface area contributed by atoms with Crippen molar-refractivity contribution in [2.75, 3.05) is 26.2 Å². The maximum absolute atomic E-state index is 13.5. The van der Waals surface area contributed by atoms with Crippen LogP contribution in [0.15, 0.2) is 120 Å². The van der Waals surface area contributed by atoms with Gasteiger partial charge in [-0.2, -0.15) is 0 Å². The van der Waals surface area contributed by atoms with Crippen molar-refractivity contribution in [1.29, 1.82) is 0 Å². The Balaban J connectivity index is 0.000000170. The molecule has 2 aromatic carbocycles. The summed E-state index contributed by atoms with van der Waals surface area (Å²) >= 11 is 6.16. The highest BCUT2D eigenvalue weighted by Gasteiger charge is 2.53. The van der Waals surface area contributed by atoms with Crippen LogP contribution in [-0.4, -0.2) is 132 Å². The molecule has 0 radical (unpaired) electrons. The van der Waals surface area contributed by atoms with E-state index in [1.54, 1.807) is 24.5 Å². The minimum Gasteiger partial charge on any atom is -0.481 e. The molecule has 5 fully saturated rings. The predicted molar refractivity (Wildman–Crippen MR) is 423 cm³/mol. The first-order valence-electron chi connectivity index (χ1n) is 38.3. The minimum atomic E-state index is -0.918. The molecule has 7 heterocycles. The number of amides is 4. The number of benzene rings is 2. The summed E-state index contributed by atoms with van der Waals surface area (Å²) < 4.78 is 13.2. The van der Waals surface area contributed by atoms with Crippen LogP contribution in [0.25, 0.3) is 28.3 Å². The molecular weight excluding hydrogens is 1440 g/mol. The van der Waals surface area contributed by atoms with Crippen molar-refractivity contribution >= 4 is 86.9 Å². The molecule has 0 bridgehead atoms. The third kappa shape index (κ3) is 20.2. The Morgan fingerprint density at radius 3 is 1.26 bits per heavy atom. The zero-order valence-corrected chi connectivity index (χ0v) is 67.1. The second kappa shape index (κ2) is 34.1. The number of rotatable bonds is 18. The van der Waals surface area contributed by atoms with Crippen LogP contribution >= 0.6 is 38.6 Å². The van der Waals surface area contributed by atoms with Crippen molar-refractivity contribution in [2.45, 2.75) is 220 Å². The summed E-state index contributed by atoms with van der Waals surface area (Å²) in [5.74, 6) is 2.49. The number of hydrogen-bond acceptors (Lipinski definition) is 14. The van der Waals surface area contributed by atoms with Gasteiger partial charge in [0, 0.05) is 90.3 Å². The molecule has 4 aliphatic carbocycles. The Morgan fingerprint density at radius 1 is 0.528 bits per heavy atom.